The first kappa shape index (κ1) is 18.1. The van der Waals surface area contributed by atoms with Gasteiger partial charge in [-0.1, -0.05) is 91.1 Å². The van der Waals surface area contributed by atoms with Crippen LogP contribution in [-0.2, 0) is 0 Å². The summed E-state index contributed by atoms with van der Waals surface area (Å²) < 4.78 is 0.466. The van der Waals surface area contributed by atoms with Crippen molar-refractivity contribution in [1.29, 1.82) is 0 Å². The summed E-state index contributed by atoms with van der Waals surface area (Å²) in [7, 11) is 0. The zero-order valence-corrected chi connectivity index (χ0v) is 16.7. The van der Waals surface area contributed by atoms with Gasteiger partial charge in [0.1, 0.15) is 10.3 Å². The van der Waals surface area contributed by atoms with E-state index < -0.39 is 0 Å². The summed E-state index contributed by atoms with van der Waals surface area (Å²) >= 11 is 5.72. The van der Waals surface area contributed by atoms with Gasteiger partial charge in [0.25, 0.3) is 0 Å². The smallest absolute Gasteiger partial charge is 0.207 e. The van der Waals surface area contributed by atoms with E-state index in [0.29, 0.717) is 16.2 Å². The van der Waals surface area contributed by atoms with Crippen molar-refractivity contribution in [3.8, 4) is 22.4 Å². The van der Waals surface area contributed by atoms with Gasteiger partial charge in [-0.3, -0.25) is 0 Å². The second-order valence-corrected chi connectivity index (χ2v) is 7.15. The van der Waals surface area contributed by atoms with Crippen molar-refractivity contribution in [2.75, 3.05) is 5.32 Å². The van der Waals surface area contributed by atoms with Crippen LogP contribution in [0.2, 0.25) is 0 Å². The van der Waals surface area contributed by atoms with Crippen LogP contribution in [0.25, 0.3) is 33.4 Å². The molecule has 6 heteroatoms. The highest BCUT2D eigenvalue weighted by Gasteiger charge is 2.17. The van der Waals surface area contributed by atoms with Crippen molar-refractivity contribution >= 4 is 34.9 Å². The number of rotatable bonds is 4. The Balaban J connectivity index is 1.75. The van der Waals surface area contributed by atoms with E-state index in [2.05, 4.69) is 25.5 Å². The number of hydrogen-bond donors (Lipinski definition) is 2. The number of hydrogen-bond acceptors (Lipinski definition) is 5. The molecule has 0 fully saturated rings. The molecule has 0 spiro atoms. The number of fused-ring (bicyclic) bond motifs is 1. The SMILES string of the molecule is S=c1nc(Nc2ccccc2)[nH]c2nnc(-c3ccccc3)c(-c3ccccc3)c12. The Morgan fingerprint density at radius 2 is 1.30 bits per heavy atom. The minimum Gasteiger partial charge on any atom is -0.326 e. The van der Waals surface area contributed by atoms with Gasteiger partial charge in [0.05, 0.1) is 5.39 Å². The van der Waals surface area contributed by atoms with Gasteiger partial charge in [-0.15, -0.1) is 10.2 Å². The molecule has 30 heavy (non-hydrogen) atoms. The van der Waals surface area contributed by atoms with Crippen LogP contribution in [0, 0.1) is 4.64 Å². The van der Waals surface area contributed by atoms with E-state index in [1.165, 1.54) is 0 Å². The molecular weight excluding hydrogens is 390 g/mol. The molecule has 0 atom stereocenters. The number of para-hydroxylation sites is 1. The van der Waals surface area contributed by atoms with Gasteiger partial charge in [0.2, 0.25) is 5.95 Å². The minimum absolute atomic E-state index is 0.466. The van der Waals surface area contributed by atoms with Crippen LogP contribution in [0.3, 0.4) is 0 Å². The van der Waals surface area contributed by atoms with Gasteiger partial charge in [0, 0.05) is 16.8 Å². The number of aromatic amines is 1. The van der Waals surface area contributed by atoms with Crippen LogP contribution in [-0.4, -0.2) is 20.2 Å². The zero-order valence-electron chi connectivity index (χ0n) is 15.9. The van der Waals surface area contributed by atoms with E-state index in [9.17, 15) is 0 Å². The van der Waals surface area contributed by atoms with Crippen molar-refractivity contribution in [3.05, 3.63) is 95.6 Å². The van der Waals surface area contributed by atoms with Crippen molar-refractivity contribution in [2.45, 2.75) is 0 Å². The van der Waals surface area contributed by atoms with Crippen LogP contribution >= 0.6 is 12.2 Å². The molecule has 0 unspecified atom stereocenters. The fourth-order valence-corrected chi connectivity index (χ4v) is 3.72. The van der Waals surface area contributed by atoms with Crippen molar-refractivity contribution in [3.63, 3.8) is 0 Å². The predicted molar refractivity (Wildman–Crippen MR) is 123 cm³/mol. The number of nitrogens with zero attached hydrogens (tertiary/aromatic N) is 3. The molecule has 0 aliphatic heterocycles. The number of benzene rings is 3. The molecule has 0 aliphatic rings. The molecule has 0 radical (unpaired) electrons. The maximum Gasteiger partial charge on any atom is 0.207 e. The molecule has 5 nitrogen and oxygen atoms in total. The molecule has 2 heterocycles. The Labute approximate surface area is 178 Å². The topological polar surface area (TPSA) is 66.5 Å². The molecule has 0 saturated carbocycles. The van der Waals surface area contributed by atoms with E-state index in [1.807, 2.05) is 91.0 Å². The molecule has 0 saturated heterocycles. The van der Waals surface area contributed by atoms with E-state index in [-0.39, 0.29) is 0 Å². The van der Waals surface area contributed by atoms with E-state index in [4.69, 9.17) is 12.2 Å². The molecule has 5 rings (SSSR count). The summed E-state index contributed by atoms with van der Waals surface area (Å²) in [5.74, 6) is 0.527. The summed E-state index contributed by atoms with van der Waals surface area (Å²) in [6.45, 7) is 0. The zero-order chi connectivity index (χ0) is 20.3. The molecule has 144 valence electrons. The summed E-state index contributed by atoms with van der Waals surface area (Å²) in [6, 6.07) is 29.9. The summed E-state index contributed by atoms with van der Waals surface area (Å²) in [5.41, 5.74) is 5.19. The Kier molecular flexibility index (Phi) is 4.75. The third kappa shape index (κ3) is 3.44. The standard InChI is InChI=1S/C24H17N5S/c30-23-20-19(16-10-4-1-5-11-16)21(17-12-6-2-7-13-17)28-29-22(20)26-24(27-23)25-18-14-8-3-9-15-18/h1-15H,(H2,25,26,27,29,30). The third-order valence-electron chi connectivity index (χ3n) is 4.78. The lowest BCUT2D eigenvalue weighted by atomic mass is 9.97. The van der Waals surface area contributed by atoms with Gasteiger partial charge in [-0.05, 0) is 17.7 Å². The number of aromatic nitrogens is 4. The molecule has 0 aliphatic carbocycles. The second kappa shape index (κ2) is 7.85. The quantitative estimate of drug-likeness (QED) is 0.349. The Bertz CT molecular complexity index is 1370. The largest absolute Gasteiger partial charge is 0.326 e. The van der Waals surface area contributed by atoms with Gasteiger partial charge in [0.15, 0.2) is 5.65 Å². The van der Waals surface area contributed by atoms with Crippen molar-refractivity contribution in [2.24, 2.45) is 0 Å². The fraction of sp³-hybridized carbons (Fsp3) is 0. The molecule has 5 aromatic rings. The molecule has 3 aromatic carbocycles. The van der Waals surface area contributed by atoms with Gasteiger partial charge in [-0.25, -0.2) is 4.98 Å². The first-order chi connectivity index (χ1) is 14.8. The van der Waals surface area contributed by atoms with E-state index >= 15 is 0 Å². The summed E-state index contributed by atoms with van der Waals surface area (Å²) in [5, 5.41) is 13.0. The van der Waals surface area contributed by atoms with Gasteiger partial charge >= 0.3 is 0 Å². The minimum atomic E-state index is 0.466. The average molecular weight is 408 g/mol. The highest BCUT2D eigenvalue weighted by Crippen LogP contribution is 2.35. The lowest BCUT2D eigenvalue weighted by molar-refractivity contribution is 1.04. The van der Waals surface area contributed by atoms with Crippen molar-refractivity contribution in [1.82, 2.24) is 20.2 Å². The summed E-state index contributed by atoms with van der Waals surface area (Å²) in [6.07, 6.45) is 0. The van der Waals surface area contributed by atoms with E-state index in [1.54, 1.807) is 0 Å². The van der Waals surface area contributed by atoms with Gasteiger partial charge < -0.3 is 10.3 Å². The molecular formula is C24H17N5S. The van der Waals surface area contributed by atoms with Crippen LogP contribution in [0.1, 0.15) is 0 Å². The lowest BCUT2D eigenvalue weighted by Gasteiger charge is -2.13. The fourth-order valence-electron chi connectivity index (χ4n) is 3.43. The van der Waals surface area contributed by atoms with Crippen LogP contribution < -0.4 is 5.32 Å². The third-order valence-corrected chi connectivity index (χ3v) is 5.08. The highest BCUT2D eigenvalue weighted by atomic mass is 32.1. The Hall–Kier alpha value is -3.90. The molecule has 0 amide bonds. The summed E-state index contributed by atoms with van der Waals surface area (Å²) in [4.78, 5) is 7.84. The first-order valence-corrected chi connectivity index (χ1v) is 9.94. The lowest BCUT2D eigenvalue weighted by Crippen LogP contribution is -2.02. The van der Waals surface area contributed by atoms with Crippen LogP contribution in [0.15, 0.2) is 91.0 Å². The normalized spacial score (nSPS) is 10.8. The monoisotopic (exact) mass is 407 g/mol. The van der Waals surface area contributed by atoms with Gasteiger partial charge in [-0.2, -0.15) is 0 Å². The Morgan fingerprint density at radius 3 is 1.97 bits per heavy atom. The maximum atomic E-state index is 5.72. The second-order valence-electron chi connectivity index (χ2n) is 6.76. The number of nitrogens with one attached hydrogen (secondary N) is 2. The molecule has 0 bridgehead atoms. The highest BCUT2D eigenvalue weighted by molar-refractivity contribution is 7.71. The van der Waals surface area contributed by atoms with Crippen LogP contribution in [0.4, 0.5) is 11.6 Å². The van der Waals surface area contributed by atoms with Crippen LogP contribution in [0.5, 0.6) is 0 Å². The van der Waals surface area contributed by atoms with Crippen molar-refractivity contribution < 1.29 is 0 Å². The number of anilines is 2. The predicted octanol–water partition coefficient (Wildman–Crippen LogP) is 6.16. The first-order valence-electron chi connectivity index (χ1n) is 9.53. The average Bonchev–Trinajstić information content (AvgIpc) is 2.80. The van der Waals surface area contributed by atoms with E-state index in [0.717, 1.165) is 33.5 Å². The number of H-pyrrole nitrogens is 1. The Morgan fingerprint density at radius 1 is 0.700 bits per heavy atom. The molecule has 2 N–H and O–H groups in total. The molecule has 2 aromatic heterocycles. The maximum absolute atomic E-state index is 5.72.